The minimum atomic E-state index is 0.481. The largest absolute Gasteiger partial charge is 0.368 e. The molecule has 0 spiro atoms. The van der Waals surface area contributed by atoms with E-state index in [4.69, 9.17) is 5.73 Å². The first-order valence-electron chi connectivity index (χ1n) is 7.89. The molecule has 1 aliphatic heterocycles. The van der Waals surface area contributed by atoms with E-state index >= 15 is 0 Å². The minimum absolute atomic E-state index is 0.481. The van der Waals surface area contributed by atoms with Crippen LogP contribution < -0.4 is 10.6 Å². The first-order valence-corrected chi connectivity index (χ1v) is 7.89. The first kappa shape index (κ1) is 13.0. The summed E-state index contributed by atoms with van der Waals surface area (Å²) in [7, 11) is 0. The fourth-order valence-corrected chi connectivity index (χ4v) is 3.66. The second kappa shape index (κ2) is 5.54. The number of nitrogens with two attached hydrogens (primary N) is 1. The zero-order valence-electron chi connectivity index (χ0n) is 12.1. The van der Waals surface area contributed by atoms with Gasteiger partial charge in [-0.05, 0) is 48.9 Å². The number of rotatable bonds is 3. The molecule has 3 rings (SSSR count). The number of nitrogens with zero attached hydrogens (tertiary/aromatic N) is 1. The van der Waals surface area contributed by atoms with Crippen molar-refractivity contribution in [2.24, 2.45) is 5.73 Å². The van der Waals surface area contributed by atoms with E-state index in [1.54, 1.807) is 5.56 Å². The summed E-state index contributed by atoms with van der Waals surface area (Å²) in [4.78, 5) is 2.67. The lowest BCUT2D eigenvalue weighted by Gasteiger charge is -2.33. The van der Waals surface area contributed by atoms with Crippen LogP contribution in [0.4, 0.5) is 5.69 Å². The van der Waals surface area contributed by atoms with E-state index in [-0.39, 0.29) is 0 Å². The van der Waals surface area contributed by atoms with E-state index < -0.39 is 0 Å². The van der Waals surface area contributed by atoms with Crippen LogP contribution in [0.15, 0.2) is 18.2 Å². The Bertz CT molecular complexity index is 435. The second-order valence-electron chi connectivity index (χ2n) is 6.26. The lowest BCUT2D eigenvalue weighted by atomic mass is 9.94. The van der Waals surface area contributed by atoms with Crippen molar-refractivity contribution in [3.63, 3.8) is 0 Å². The molecule has 1 heterocycles. The summed E-state index contributed by atoms with van der Waals surface area (Å²) < 4.78 is 0. The molecule has 1 unspecified atom stereocenters. The molecular formula is C17H26N2. The van der Waals surface area contributed by atoms with Gasteiger partial charge in [0.2, 0.25) is 0 Å². The van der Waals surface area contributed by atoms with Crippen LogP contribution in [-0.4, -0.2) is 19.1 Å². The summed E-state index contributed by atoms with van der Waals surface area (Å²) in [5, 5.41) is 0. The van der Waals surface area contributed by atoms with Gasteiger partial charge in [-0.25, -0.2) is 0 Å². The van der Waals surface area contributed by atoms with Gasteiger partial charge >= 0.3 is 0 Å². The van der Waals surface area contributed by atoms with Gasteiger partial charge in [-0.3, -0.25) is 0 Å². The Labute approximate surface area is 117 Å². The van der Waals surface area contributed by atoms with Gasteiger partial charge in [-0.1, -0.05) is 38.3 Å². The van der Waals surface area contributed by atoms with Crippen molar-refractivity contribution in [3.8, 4) is 0 Å². The molecule has 0 amide bonds. The summed E-state index contributed by atoms with van der Waals surface area (Å²) in [5.41, 5.74) is 10.2. The molecule has 1 atom stereocenters. The quantitative estimate of drug-likeness (QED) is 0.900. The standard InChI is InChI=1S/C17H26N2/c1-13(12-18)14-7-8-17-15(11-14)9-10-19(17)16-5-3-2-4-6-16/h7-8,11,13,16H,2-6,9-10,12,18H2,1H3. The molecule has 2 aliphatic rings. The lowest BCUT2D eigenvalue weighted by Crippen LogP contribution is -2.35. The minimum Gasteiger partial charge on any atom is -0.368 e. The van der Waals surface area contributed by atoms with E-state index in [2.05, 4.69) is 30.0 Å². The summed E-state index contributed by atoms with van der Waals surface area (Å²) in [6.45, 7) is 4.18. The van der Waals surface area contributed by atoms with Crippen molar-refractivity contribution in [1.82, 2.24) is 0 Å². The van der Waals surface area contributed by atoms with Crippen molar-refractivity contribution < 1.29 is 0 Å². The van der Waals surface area contributed by atoms with Crippen molar-refractivity contribution in [1.29, 1.82) is 0 Å². The third-order valence-corrected chi connectivity index (χ3v) is 4.97. The Balaban J connectivity index is 1.81. The molecule has 1 aliphatic carbocycles. The molecule has 0 aromatic heterocycles. The van der Waals surface area contributed by atoms with Crippen LogP contribution in [0.1, 0.15) is 56.1 Å². The molecule has 2 N–H and O–H groups in total. The number of hydrogen-bond donors (Lipinski definition) is 1. The number of hydrogen-bond acceptors (Lipinski definition) is 2. The molecule has 1 saturated carbocycles. The molecule has 2 nitrogen and oxygen atoms in total. The first-order chi connectivity index (χ1) is 9.29. The Morgan fingerprint density at radius 2 is 2.05 bits per heavy atom. The second-order valence-corrected chi connectivity index (χ2v) is 6.26. The van der Waals surface area contributed by atoms with Gasteiger partial charge in [-0.15, -0.1) is 0 Å². The summed E-state index contributed by atoms with van der Waals surface area (Å²) >= 11 is 0. The van der Waals surface area contributed by atoms with Gasteiger partial charge in [0.25, 0.3) is 0 Å². The fourth-order valence-electron chi connectivity index (χ4n) is 3.66. The molecule has 104 valence electrons. The highest BCUT2D eigenvalue weighted by atomic mass is 15.2. The summed E-state index contributed by atoms with van der Waals surface area (Å²) in [5.74, 6) is 0.481. The normalized spacial score (nSPS) is 21.5. The van der Waals surface area contributed by atoms with Gasteiger partial charge in [0.1, 0.15) is 0 Å². The topological polar surface area (TPSA) is 29.3 Å². The average molecular weight is 258 g/mol. The smallest absolute Gasteiger partial charge is 0.0402 e. The van der Waals surface area contributed by atoms with Crippen LogP contribution in [-0.2, 0) is 6.42 Å². The Kier molecular flexibility index (Phi) is 3.79. The van der Waals surface area contributed by atoms with Crippen LogP contribution in [0, 0.1) is 0 Å². The van der Waals surface area contributed by atoms with Gasteiger partial charge in [0.05, 0.1) is 0 Å². The highest BCUT2D eigenvalue weighted by Gasteiger charge is 2.27. The highest BCUT2D eigenvalue weighted by molar-refractivity contribution is 5.60. The van der Waals surface area contributed by atoms with E-state index in [9.17, 15) is 0 Å². The molecule has 1 fully saturated rings. The van der Waals surface area contributed by atoms with Gasteiger partial charge in [0.15, 0.2) is 0 Å². The van der Waals surface area contributed by atoms with E-state index in [0.717, 1.165) is 12.6 Å². The van der Waals surface area contributed by atoms with Gasteiger partial charge in [-0.2, -0.15) is 0 Å². The Morgan fingerprint density at radius 3 is 2.79 bits per heavy atom. The van der Waals surface area contributed by atoms with Crippen molar-refractivity contribution in [2.45, 2.75) is 57.4 Å². The lowest BCUT2D eigenvalue weighted by molar-refractivity contribution is 0.420. The molecule has 1 aromatic carbocycles. The summed E-state index contributed by atoms with van der Waals surface area (Å²) in [6, 6.07) is 7.83. The maximum Gasteiger partial charge on any atom is 0.0402 e. The third kappa shape index (κ3) is 2.51. The van der Waals surface area contributed by atoms with Crippen molar-refractivity contribution in [2.75, 3.05) is 18.0 Å². The monoisotopic (exact) mass is 258 g/mol. The van der Waals surface area contributed by atoms with Gasteiger partial charge in [0, 0.05) is 18.3 Å². The molecular weight excluding hydrogens is 232 g/mol. The number of fused-ring (bicyclic) bond motifs is 1. The van der Waals surface area contributed by atoms with Crippen molar-refractivity contribution in [3.05, 3.63) is 29.3 Å². The molecule has 1 aromatic rings. The Hall–Kier alpha value is -1.02. The zero-order valence-corrected chi connectivity index (χ0v) is 12.1. The highest BCUT2D eigenvalue weighted by Crippen LogP contribution is 2.35. The van der Waals surface area contributed by atoms with E-state index in [1.807, 2.05) is 0 Å². The average Bonchev–Trinajstić information content (AvgIpc) is 2.90. The third-order valence-electron chi connectivity index (χ3n) is 4.97. The van der Waals surface area contributed by atoms with Crippen LogP contribution >= 0.6 is 0 Å². The Morgan fingerprint density at radius 1 is 1.26 bits per heavy atom. The molecule has 19 heavy (non-hydrogen) atoms. The zero-order chi connectivity index (χ0) is 13.2. The van der Waals surface area contributed by atoms with Crippen LogP contribution in [0.2, 0.25) is 0 Å². The van der Waals surface area contributed by atoms with Crippen LogP contribution in [0.25, 0.3) is 0 Å². The van der Waals surface area contributed by atoms with Gasteiger partial charge < -0.3 is 10.6 Å². The summed E-state index contributed by atoms with van der Waals surface area (Å²) in [6.07, 6.45) is 8.26. The predicted octanol–water partition coefficient (Wildman–Crippen LogP) is 3.44. The number of anilines is 1. The van der Waals surface area contributed by atoms with E-state index in [0.29, 0.717) is 5.92 Å². The van der Waals surface area contributed by atoms with Crippen LogP contribution in [0.3, 0.4) is 0 Å². The number of benzene rings is 1. The fraction of sp³-hybridized carbons (Fsp3) is 0.647. The SMILES string of the molecule is CC(CN)c1ccc2c(c1)CCN2C1CCCCC1. The molecule has 2 heteroatoms. The molecule has 0 radical (unpaired) electrons. The van der Waals surface area contributed by atoms with E-state index in [1.165, 1.54) is 56.3 Å². The maximum absolute atomic E-state index is 5.78. The molecule has 0 saturated heterocycles. The molecule has 0 bridgehead atoms. The van der Waals surface area contributed by atoms with Crippen molar-refractivity contribution >= 4 is 5.69 Å². The maximum atomic E-state index is 5.78. The predicted molar refractivity (Wildman–Crippen MR) is 81.8 cm³/mol. The van der Waals surface area contributed by atoms with Crippen LogP contribution in [0.5, 0.6) is 0 Å².